The van der Waals surface area contributed by atoms with Crippen LogP contribution in [0.1, 0.15) is 18.9 Å². The largest absolute Gasteiger partial charge is 0.496 e. The van der Waals surface area contributed by atoms with E-state index in [0.29, 0.717) is 6.54 Å². The van der Waals surface area contributed by atoms with Crippen LogP contribution in [0.4, 0.5) is 10.5 Å². The molecule has 0 aliphatic carbocycles. The number of carbonyl (C=O) groups excluding carboxylic acids is 1. The van der Waals surface area contributed by atoms with E-state index in [1.807, 2.05) is 32.0 Å². The van der Waals surface area contributed by atoms with Crippen molar-refractivity contribution >= 4 is 11.7 Å². The van der Waals surface area contributed by atoms with Gasteiger partial charge in [-0.25, -0.2) is 4.79 Å². The zero-order chi connectivity index (χ0) is 12.0. The molecule has 1 aromatic rings. The Hall–Kier alpha value is -1.71. The second-order valence-electron chi connectivity index (χ2n) is 3.57. The summed E-state index contributed by atoms with van der Waals surface area (Å²) in [6.07, 6.45) is 0.926. The number of urea groups is 1. The molecular formula is C12H18N2O2. The highest BCUT2D eigenvalue weighted by atomic mass is 16.5. The fraction of sp³-hybridized carbons (Fsp3) is 0.417. The number of anilines is 1. The van der Waals surface area contributed by atoms with E-state index in [-0.39, 0.29) is 6.03 Å². The zero-order valence-corrected chi connectivity index (χ0v) is 9.96. The van der Waals surface area contributed by atoms with Gasteiger partial charge in [-0.3, -0.25) is 0 Å². The van der Waals surface area contributed by atoms with E-state index in [0.717, 1.165) is 23.4 Å². The van der Waals surface area contributed by atoms with Crippen LogP contribution in [0.2, 0.25) is 0 Å². The van der Waals surface area contributed by atoms with Gasteiger partial charge in [0.05, 0.1) is 7.11 Å². The summed E-state index contributed by atoms with van der Waals surface area (Å²) in [7, 11) is 1.63. The molecule has 2 amide bonds. The molecule has 88 valence electrons. The van der Waals surface area contributed by atoms with Gasteiger partial charge in [0.2, 0.25) is 0 Å². The third kappa shape index (κ3) is 3.46. The van der Waals surface area contributed by atoms with E-state index in [4.69, 9.17) is 4.74 Å². The van der Waals surface area contributed by atoms with E-state index in [1.54, 1.807) is 7.11 Å². The Bertz CT molecular complexity index is 364. The summed E-state index contributed by atoms with van der Waals surface area (Å²) < 4.78 is 5.14. The van der Waals surface area contributed by atoms with Gasteiger partial charge in [-0.1, -0.05) is 6.92 Å². The molecule has 0 saturated heterocycles. The molecule has 0 atom stereocenters. The van der Waals surface area contributed by atoms with Crippen molar-refractivity contribution in [2.45, 2.75) is 20.3 Å². The molecule has 1 rings (SSSR count). The molecule has 0 fully saturated rings. The number of hydrogen-bond acceptors (Lipinski definition) is 2. The molecule has 2 N–H and O–H groups in total. The van der Waals surface area contributed by atoms with Crippen LogP contribution in [0.3, 0.4) is 0 Å². The van der Waals surface area contributed by atoms with E-state index >= 15 is 0 Å². The molecule has 0 aliphatic heterocycles. The van der Waals surface area contributed by atoms with Crippen LogP contribution in [0.15, 0.2) is 18.2 Å². The number of aryl methyl sites for hydroxylation is 1. The average Bonchev–Trinajstić information content (AvgIpc) is 2.26. The summed E-state index contributed by atoms with van der Waals surface area (Å²) in [4.78, 5) is 11.4. The lowest BCUT2D eigenvalue weighted by atomic mass is 10.2. The van der Waals surface area contributed by atoms with Crippen LogP contribution >= 0.6 is 0 Å². The molecule has 4 nitrogen and oxygen atoms in total. The predicted molar refractivity (Wildman–Crippen MR) is 65.0 cm³/mol. The van der Waals surface area contributed by atoms with Crippen molar-refractivity contribution in [2.75, 3.05) is 19.0 Å². The first-order valence-corrected chi connectivity index (χ1v) is 5.37. The molecule has 4 heteroatoms. The van der Waals surface area contributed by atoms with E-state index < -0.39 is 0 Å². The second-order valence-corrected chi connectivity index (χ2v) is 3.57. The van der Waals surface area contributed by atoms with Gasteiger partial charge in [0.15, 0.2) is 0 Å². The van der Waals surface area contributed by atoms with Crippen LogP contribution in [-0.2, 0) is 0 Å². The number of methoxy groups -OCH3 is 1. The van der Waals surface area contributed by atoms with Gasteiger partial charge in [0, 0.05) is 12.2 Å². The number of nitrogens with one attached hydrogen (secondary N) is 2. The molecule has 0 aromatic heterocycles. The molecule has 0 radical (unpaired) electrons. The van der Waals surface area contributed by atoms with Gasteiger partial charge in [-0.2, -0.15) is 0 Å². The highest BCUT2D eigenvalue weighted by Crippen LogP contribution is 2.21. The van der Waals surface area contributed by atoms with Crippen LogP contribution in [-0.4, -0.2) is 19.7 Å². The van der Waals surface area contributed by atoms with Crippen molar-refractivity contribution in [3.63, 3.8) is 0 Å². The summed E-state index contributed by atoms with van der Waals surface area (Å²) >= 11 is 0. The molecule has 0 saturated carbocycles. The summed E-state index contributed by atoms with van der Waals surface area (Å²) in [6, 6.07) is 5.36. The highest BCUT2D eigenvalue weighted by molar-refractivity contribution is 5.89. The van der Waals surface area contributed by atoms with Crippen LogP contribution in [0.25, 0.3) is 0 Å². The predicted octanol–water partition coefficient (Wildman–Crippen LogP) is 2.54. The summed E-state index contributed by atoms with van der Waals surface area (Å²) in [6.45, 7) is 4.63. The van der Waals surface area contributed by atoms with Crippen molar-refractivity contribution in [3.8, 4) is 5.75 Å². The van der Waals surface area contributed by atoms with Crippen molar-refractivity contribution < 1.29 is 9.53 Å². The monoisotopic (exact) mass is 222 g/mol. The lowest BCUT2D eigenvalue weighted by Gasteiger charge is -2.09. The number of hydrogen-bond donors (Lipinski definition) is 2. The molecule has 0 bridgehead atoms. The zero-order valence-electron chi connectivity index (χ0n) is 9.96. The SMILES string of the molecule is CCCNC(=O)Nc1ccc(OC)c(C)c1. The topological polar surface area (TPSA) is 50.4 Å². The van der Waals surface area contributed by atoms with Gasteiger partial charge < -0.3 is 15.4 Å². The Kier molecular flexibility index (Phi) is 4.64. The van der Waals surface area contributed by atoms with E-state index in [9.17, 15) is 4.79 Å². The maximum absolute atomic E-state index is 11.4. The molecule has 1 aromatic carbocycles. The van der Waals surface area contributed by atoms with Gasteiger partial charge in [-0.15, -0.1) is 0 Å². The first kappa shape index (κ1) is 12.4. The maximum atomic E-state index is 11.4. The molecular weight excluding hydrogens is 204 g/mol. The Morgan fingerprint density at radius 3 is 2.75 bits per heavy atom. The van der Waals surface area contributed by atoms with E-state index in [1.165, 1.54) is 0 Å². The fourth-order valence-electron chi connectivity index (χ4n) is 1.37. The third-order valence-corrected chi connectivity index (χ3v) is 2.19. The van der Waals surface area contributed by atoms with E-state index in [2.05, 4.69) is 10.6 Å². The Balaban J connectivity index is 2.61. The molecule has 0 spiro atoms. The molecule has 16 heavy (non-hydrogen) atoms. The van der Waals surface area contributed by atoms with Crippen LogP contribution in [0, 0.1) is 6.92 Å². The number of rotatable bonds is 4. The average molecular weight is 222 g/mol. The summed E-state index contributed by atoms with van der Waals surface area (Å²) in [5.74, 6) is 0.819. The third-order valence-electron chi connectivity index (χ3n) is 2.19. The number of ether oxygens (including phenoxy) is 1. The Morgan fingerprint density at radius 2 is 2.19 bits per heavy atom. The minimum Gasteiger partial charge on any atom is -0.496 e. The minimum absolute atomic E-state index is 0.175. The molecule has 0 aliphatic rings. The first-order valence-electron chi connectivity index (χ1n) is 5.37. The standard InChI is InChI=1S/C12H18N2O2/c1-4-7-13-12(15)14-10-5-6-11(16-3)9(2)8-10/h5-6,8H,4,7H2,1-3H3,(H2,13,14,15). The van der Waals surface area contributed by atoms with Crippen molar-refractivity contribution in [1.82, 2.24) is 5.32 Å². The summed E-state index contributed by atoms with van der Waals surface area (Å²) in [5.41, 5.74) is 1.77. The number of carbonyl (C=O) groups is 1. The first-order chi connectivity index (χ1) is 7.67. The smallest absolute Gasteiger partial charge is 0.319 e. The van der Waals surface area contributed by atoms with Crippen LogP contribution in [0.5, 0.6) is 5.75 Å². The lowest BCUT2D eigenvalue weighted by Crippen LogP contribution is -2.29. The summed E-state index contributed by atoms with van der Waals surface area (Å²) in [5, 5.41) is 5.51. The van der Waals surface area contributed by atoms with Gasteiger partial charge in [0.25, 0.3) is 0 Å². The second kappa shape index (κ2) is 6.00. The van der Waals surface area contributed by atoms with Gasteiger partial charge in [-0.05, 0) is 37.1 Å². The Labute approximate surface area is 96.0 Å². The Morgan fingerprint density at radius 1 is 1.44 bits per heavy atom. The molecule has 0 unspecified atom stereocenters. The van der Waals surface area contributed by atoms with Crippen LogP contribution < -0.4 is 15.4 Å². The highest BCUT2D eigenvalue weighted by Gasteiger charge is 2.03. The maximum Gasteiger partial charge on any atom is 0.319 e. The lowest BCUT2D eigenvalue weighted by molar-refractivity contribution is 0.252. The van der Waals surface area contributed by atoms with Gasteiger partial charge in [0.1, 0.15) is 5.75 Å². The number of amides is 2. The normalized spacial score (nSPS) is 9.69. The number of benzene rings is 1. The quantitative estimate of drug-likeness (QED) is 0.822. The van der Waals surface area contributed by atoms with Crippen molar-refractivity contribution in [1.29, 1.82) is 0 Å². The molecule has 0 heterocycles. The van der Waals surface area contributed by atoms with Gasteiger partial charge >= 0.3 is 6.03 Å². The minimum atomic E-state index is -0.175. The van der Waals surface area contributed by atoms with Crippen molar-refractivity contribution in [2.24, 2.45) is 0 Å². The fourth-order valence-corrected chi connectivity index (χ4v) is 1.37. The van der Waals surface area contributed by atoms with Crippen molar-refractivity contribution in [3.05, 3.63) is 23.8 Å².